The summed E-state index contributed by atoms with van der Waals surface area (Å²) in [6.45, 7) is -0.205. The second-order valence-corrected chi connectivity index (χ2v) is 9.03. The van der Waals surface area contributed by atoms with Gasteiger partial charge in [0, 0.05) is 18.4 Å². The molecule has 2 rings (SSSR count). The Bertz CT molecular complexity index is 1050. The van der Waals surface area contributed by atoms with Crippen molar-refractivity contribution in [2.24, 2.45) is 5.14 Å². The number of hydrogen-bond acceptors (Lipinski definition) is 6. The summed E-state index contributed by atoms with van der Waals surface area (Å²) in [7, 11) is -7.99. The van der Waals surface area contributed by atoms with Crippen molar-refractivity contribution in [2.45, 2.75) is 22.7 Å². The molecule has 0 aliphatic carbocycles. The minimum absolute atomic E-state index is 0.00621. The predicted molar refractivity (Wildman–Crippen MR) is 91.4 cm³/mol. The lowest BCUT2D eigenvalue weighted by Crippen LogP contribution is -2.18. The van der Waals surface area contributed by atoms with E-state index in [2.05, 4.69) is 10.1 Å². The molecule has 0 spiro atoms. The fourth-order valence-corrected chi connectivity index (χ4v) is 3.69. The van der Waals surface area contributed by atoms with Crippen molar-refractivity contribution in [2.75, 3.05) is 11.6 Å². The summed E-state index contributed by atoms with van der Waals surface area (Å²) < 4.78 is 88.1. The van der Waals surface area contributed by atoms with Gasteiger partial charge in [0.15, 0.2) is 9.84 Å². The van der Waals surface area contributed by atoms with Gasteiger partial charge in [0.25, 0.3) is 0 Å². The maximum Gasteiger partial charge on any atom is 0.573 e. The molecule has 2 aromatic rings. The second kappa shape index (κ2) is 7.37. The molecule has 0 heterocycles. The van der Waals surface area contributed by atoms with E-state index in [1.54, 1.807) is 0 Å². The molecule has 3 N–H and O–H groups in total. The van der Waals surface area contributed by atoms with Gasteiger partial charge in [-0.3, -0.25) is 0 Å². The number of ether oxygens (including phenoxy) is 1. The molecule has 0 aromatic heterocycles. The summed E-state index contributed by atoms with van der Waals surface area (Å²) >= 11 is 0. The molecule has 0 aliphatic rings. The number of para-hydroxylation sites is 1. The molecule has 148 valence electrons. The number of nitrogens with two attached hydrogens (primary N) is 1. The summed E-state index contributed by atoms with van der Waals surface area (Å²) in [4.78, 5) is -0.766. The van der Waals surface area contributed by atoms with E-state index in [1.807, 2.05) is 0 Å². The number of halogens is 3. The summed E-state index contributed by atoms with van der Waals surface area (Å²) in [5.41, 5.74) is 0.122. The molecule has 7 nitrogen and oxygen atoms in total. The number of benzene rings is 2. The van der Waals surface area contributed by atoms with Gasteiger partial charge in [-0.25, -0.2) is 22.0 Å². The fraction of sp³-hybridized carbons (Fsp3) is 0.200. The minimum Gasteiger partial charge on any atom is -0.405 e. The van der Waals surface area contributed by atoms with Gasteiger partial charge in [-0.05, 0) is 24.3 Å². The third-order valence-electron chi connectivity index (χ3n) is 3.35. The van der Waals surface area contributed by atoms with Crippen LogP contribution in [0.4, 0.5) is 18.9 Å². The SMILES string of the molecule is CS(=O)(=O)c1cc(S(N)(=O)=O)ccc1NCc1ccccc1OC(F)(F)F. The molecule has 12 heteroatoms. The van der Waals surface area contributed by atoms with Gasteiger partial charge in [-0.2, -0.15) is 0 Å². The Morgan fingerprint density at radius 3 is 2.26 bits per heavy atom. The molecule has 0 radical (unpaired) electrons. The van der Waals surface area contributed by atoms with Crippen LogP contribution in [-0.2, 0) is 26.4 Å². The maximum absolute atomic E-state index is 12.5. The highest BCUT2D eigenvalue weighted by molar-refractivity contribution is 7.91. The van der Waals surface area contributed by atoms with E-state index in [9.17, 15) is 30.0 Å². The van der Waals surface area contributed by atoms with Crippen LogP contribution in [-0.4, -0.2) is 29.5 Å². The van der Waals surface area contributed by atoms with Gasteiger partial charge in [0.05, 0.1) is 15.5 Å². The zero-order valence-electron chi connectivity index (χ0n) is 13.8. The Balaban J connectivity index is 2.37. The van der Waals surface area contributed by atoms with Gasteiger partial charge in [0.2, 0.25) is 10.0 Å². The van der Waals surface area contributed by atoms with E-state index < -0.39 is 36.9 Å². The Hall–Kier alpha value is -2.31. The van der Waals surface area contributed by atoms with E-state index in [1.165, 1.54) is 24.3 Å². The average Bonchev–Trinajstić information content (AvgIpc) is 2.50. The zero-order valence-corrected chi connectivity index (χ0v) is 15.5. The van der Waals surface area contributed by atoms with Crippen molar-refractivity contribution in [3.8, 4) is 5.75 Å². The molecule has 2 aromatic carbocycles. The van der Waals surface area contributed by atoms with Crippen molar-refractivity contribution < 1.29 is 34.7 Å². The molecule has 0 amide bonds. The summed E-state index contributed by atoms with van der Waals surface area (Å²) in [5.74, 6) is -0.445. The third-order valence-corrected chi connectivity index (χ3v) is 5.40. The molecule has 0 bridgehead atoms. The minimum atomic E-state index is -4.88. The van der Waals surface area contributed by atoms with Crippen molar-refractivity contribution in [3.05, 3.63) is 48.0 Å². The van der Waals surface area contributed by atoms with Crippen LogP contribution in [0.1, 0.15) is 5.56 Å². The number of hydrogen-bond donors (Lipinski definition) is 2. The average molecular weight is 424 g/mol. The highest BCUT2D eigenvalue weighted by atomic mass is 32.2. The van der Waals surface area contributed by atoms with Crippen molar-refractivity contribution in [1.82, 2.24) is 0 Å². The normalized spacial score (nSPS) is 12.6. The molecular formula is C15H15F3N2O5S2. The highest BCUT2D eigenvalue weighted by Crippen LogP contribution is 2.29. The number of rotatable bonds is 6. The molecule has 0 saturated carbocycles. The molecular weight excluding hydrogens is 409 g/mol. The molecule has 0 unspecified atom stereocenters. The Kier molecular flexibility index (Phi) is 5.73. The second-order valence-electron chi connectivity index (χ2n) is 5.48. The smallest absolute Gasteiger partial charge is 0.405 e. The van der Waals surface area contributed by atoms with E-state index in [4.69, 9.17) is 5.14 Å². The summed E-state index contributed by atoms with van der Waals surface area (Å²) in [6.07, 6.45) is -4.02. The van der Waals surface area contributed by atoms with Crippen LogP contribution in [0.2, 0.25) is 0 Å². The molecule has 0 aliphatic heterocycles. The maximum atomic E-state index is 12.5. The summed E-state index contributed by atoms with van der Waals surface area (Å²) in [5, 5.41) is 7.68. The molecule has 27 heavy (non-hydrogen) atoms. The van der Waals surface area contributed by atoms with Gasteiger partial charge in [-0.1, -0.05) is 18.2 Å². The van der Waals surface area contributed by atoms with Crippen LogP contribution in [0.5, 0.6) is 5.75 Å². The first kappa shape index (κ1) is 21.0. The van der Waals surface area contributed by atoms with Crippen LogP contribution in [0.25, 0.3) is 0 Å². The number of anilines is 1. The number of sulfonamides is 1. The van der Waals surface area contributed by atoms with Crippen LogP contribution in [0, 0.1) is 0 Å². The lowest BCUT2D eigenvalue weighted by atomic mass is 10.2. The lowest BCUT2D eigenvalue weighted by Gasteiger charge is -2.15. The number of alkyl halides is 3. The van der Waals surface area contributed by atoms with Gasteiger partial charge in [-0.15, -0.1) is 13.2 Å². The Morgan fingerprint density at radius 1 is 1.07 bits per heavy atom. The number of sulfone groups is 1. The van der Waals surface area contributed by atoms with Crippen LogP contribution in [0.3, 0.4) is 0 Å². The van der Waals surface area contributed by atoms with E-state index >= 15 is 0 Å². The van der Waals surface area contributed by atoms with Gasteiger partial charge in [0.1, 0.15) is 5.75 Å². The number of primary sulfonamides is 1. The lowest BCUT2D eigenvalue weighted by molar-refractivity contribution is -0.274. The standard InChI is InChI=1S/C15H15F3N2O5S2/c1-26(21,22)14-8-11(27(19,23)24)6-7-12(14)20-9-10-4-2-3-5-13(10)25-15(16,17)18/h2-8,20H,9H2,1H3,(H2,19,23,24). The third kappa shape index (κ3) is 5.84. The van der Waals surface area contributed by atoms with Gasteiger partial charge < -0.3 is 10.1 Å². The Labute approximate surface area is 153 Å². The predicted octanol–water partition coefficient (Wildman–Crippen LogP) is 2.25. The molecule has 0 atom stereocenters. The van der Waals surface area contributed by atoms with E-state index in [-0.39, 0.29) is 22.7 Å². The van der Waals surface area contributed by atoms with Crippen LogP contribution < -0.4 is 15.2 Å². The van der Waals surface area contributed by atoms with Crippen molar-refractivity contribution in [1.29, 1.82) is 0 Å². The first-order chi connectivity index (χ1) is 12.3. The van der Waals surface area contributed by atoms with Crippen LogP contribution >= 0.6 is 0 Å². The first-order valence-electron chi connectivity index (χ1n) is 7.22. The Morgan fingerprint density at radius 2 is 1.70 bits per heavy atom. The quantitative estimate of drug-likeness (QED) is 0.735. The van der Waals surface area contributed by atoms with E-state index in [0.717, 1.165) is 24.5 Å². The van der Waals surface area contributed by atoms with E-state index in [0.29, 0.717) is 0 Å². The monoisotopic (exact) mass is 424 g/mol. The fourth-order valence-electron chi connectivity index (χ4n) is 2.20. The van der Waals surface area contributed by atoms with Crippen molar-refractivity contribution >= 4 is 25.5 Å². The van der Waals surface area contributed by atoms with Gasteiger partial charge >= 0.3 is 6.36 Å². The zero-order chi connectivity index (χ0) is 20.5. The number of nitrogens with one attached hydrogen (secondary N) is 1. The topological polar surface area (TPSA) is 116 Å². The van der Waals surface area contributed by atoms with Crippen molar-refractivity contribution in [3.63, 3.8) is 0 Å². The molecule has 0 saturated heterocycles. The highest BCUT2D eigenvalue weighted by Gasteiger charge is 2.32. The largest absolute Gasteiger partial charge is 0.573 e. The van der Waals surface area contributed by atoms with Crippen LogP contribution in [0.15, 0.2) is 52.3 Å². The molecule has 0 fully saturated rings. The first-order valence-corrected chi connectivity index (χ1v) is 10.7. The summed E-state index contributed by atoms with van der Waals surface area (Å²) in [6, 6.07) is 8.47.